The third-order valence-corrected chi connectivity index (χ3v) is 2.79. The number of benzene rings is 1. The Morgan fingerprint density at radius 2 is 1.88 bits per heavy atom. The fraction of sp³-hybridized carbons (Fsp3) is 0.357. The Bertz CT molecular complexity index is 451. The molecule has 1 aromatic carbocycles. The molecule has 0 saturated heterocycles. The second-order valence-corrected chi connectivity index (χ2v) is 4.81. The van der Waals surface area contributed by atoms with Crippen molar-refractivity contribution >= 4 is 11.5 Å². The van der Waals surface area contributed by atoms with E-state index in [1.807, 2.05) is 56.3 Å². The normalized spacial score (nSPS) is 23.8. The molecule has 1 atom stereocenters. The van der Waals surface area contributed by atoms with Crippen LogP contribution in [0.2, 0.25) is 0 Å². The molecule has 3 heteroatoms. The summed E-state index contributed by atoms with van der Waals surface area (Å²) >= 11 is 0. The van der Waals surface area contributed by atoms with Gasteiger partial charge in [-0.3, -0.25) is 4.79 Å². The molecule has 3 nitrogen and oxygen atoms in total. The summed E-state index contributed by atoms with van der Waals surface area (Å²) < 4.78 is 5.83. The second kappa shape index (κ2) is 4.34. The number of ketones is 1. The van der Waals surface area contributed by atoms with Crippen molar-refractivity contribution < 1.29 is 9.53 Å². The maximum Gasteiger partial charge on any atom is 0.203 e. The van der Waals surface area contributed by atoms with E-state index >= 15 is 0 Å². The molecule has 1 aliphatic rings. The molecule has 1 heterocycles. The molecule has 0 saturated carbocycles. The van der Waals surface area contributed by atoms with Gasteiger partial charge in [-0.05, 0) is 21.0 Å². The first kappa shape index (κ1) is 11.9. The van der Waals surface area contributed by atoms with Crippen LogP contribution in [0.1, 0.15) is 12.5 Å². The van der Waals surface area contributed by atoms with Crippen molar-refractivity contribution in [3.8, 4) is 0 Å². The molecule has 0 radical (unpaired) electrons. The van der Waals surface area contributed by atoms with Crippen LogP contribution in [0.15, 0.2) is 36.4 Å². The largest absolute Gasteiger partial charge is 0.477 e. The molecule has 0 aliphatic carbocycles. The van der Waals surface area contributed by atoms with Gasteiger partial charge in [-0.25, -0.2) is 0 Å². The highest BCUT2D eigenvalue weighted by molar-refractivity contribution is 6.05. The SMILES string of the molecule is CN(C)CC1(C)OC(c2ccccc2)=CC1=O. The molecular weight excluding hydrogens is 214 g/mol. The van der Waals surface area contributed by atoms with Gasteiger partial charge in [0.2, 0.25) is 5.78 Å². The van der Waals surface area contributed by atoms with E-state index in [9.17, 15) is 4.79 Å². The quantitative estimate of drug-likeness (QED) is 0.796. The number of nitrogens with zero attached hydrogens (tertiary/aromatic N) is 1. The standard InChI is InChI=1S/C14H17NO2/c1-14(10-15(2)3)13(16)9-12(17-14)11-7-5-4-6-8-11/h4-9H,10H2,1-3H3. The van der Waals surface area contributed by atoms with Gasteiger partial charge in [-0.15, -0.1) is 0 Å². The van der Waals surface area contributed by atoms with Crippen LogP contribution in [0.25, 0.3) is 5.76 Å². The van der Waals surface area contributed by atoms with Gasteiger partial charge >= 0.3 is 0 Å². The molecule has 0 amide bonds. The van der Waals surface area contributed by atoms with E-state index < -0.39 is 5.60 Å². The van der Waals surface area contributed by atoms with Crippen LogP contribution in [-0.4, -0.2) is 36.9 Å². The van der Waals surface area contributed by atoms with Crippen LogP contribution >= 0.6 is 0 Å². The minimum absolute atomic E-state index is 0.0325. The Hall–Kier alpha value is -1.61. The zero-order valence-electron chi connectivity index (χ0n) is 10.4. The monoisotopic (exact) mass is 231 g/mol. The number of carbonyl (C=O) groups is 1. The smallest absolute Gasteiger partial charge is 0.203 e. The van der Waals surface area contributed by atoms with E-state index in [1.165, 1.54) is 0 Å². The maximum atomic E-state index is 12.0. The summed E-state index contributed by atoms with van der Waals surface area (Å²) in [5.41, 5.74) is 0.192. The molecule has 0 N–H and O–H groups in total. The fourth-order valence-corrected chi connectivity index (χ4v) is 2.05. The van der Waals surface area contributed by atoms with Crippen molar-refractivity contribution in [3.63, 3.8) is 0 Å². The highest BCUT2D eigenvalue weighted by atomic mass is 16.5. The Labute approximate surface area is 102 Å². The van der Waals surface area contributed by atoms with E-state index in [0.29, 0.717) is 12.3 Å². The van der Waals surface area contributed by atoms with Crippen molar-refractivity contribution in [2.75, 3.05) is 20.6 Å². The zero-order chi connectivity index (χ0) is 12.5. The average Bonchev–Trinajstić information content (AvgIpc) is 2.55. The zero-order valence-corrected chi connectivity index (χ0v) is 10.4. The molecule has 1 aromatic rings. The van der Waals surface area contributed by atoms with Crippen molar-refractivity contribution in [2.24, 2.45) is 0 Å². The Balaban J connectivity index is 2.21. The van der Waals surface area contributed by atoms with Gasteiger partial charge in [0.1, 0.15) is 5.76 Å². The molecule has 0 aromatic heterocycles. The van der Waals surface area contributed by atoms with Crippen molar-refractivity contribution in [1.82, 2.24) is 4.90 Å². The molecule has 0 bridgehead atoms. The Kier molecular flexibility index (Phi) is 3.03. The summed E-state index contributed by atoms with van der Waals surface area (Å²) in [6.45, 7) is 2.42. The van der Waals surface area contributed by atoms with E-state index in [2.05, 4.69) is 0 Å². The Morgan fingerprint density at radius 3 is 2.47 bits per heavy atom. The summed E-state index contributed by atoms with van der Waals surface area (Å²) in [5, 5.41) is 0. The summed E-state index contributed by atoms with van der Waals surface area (Å²) in [6, 6.07) is 9.71. The molecular formula is C14H17NO2. The fourth-order valence-electron chi connectivity index (χ4n) is 2.05. The van der Waals surface area contributed by atoms with Gasteiger partial charge in [0.05, 0.1) is 0 Å². The first-order valence-electron chi connectivity index (χ1n) is 5.66. The molecule has 0 spiro atoms. The summed E-state index contributed by atoms with van der Waals surface area (Å²) in [5.74, 6) is 0.699. The topological polar surface area (TPSA) is 29.5 Å². The lowest BCUT2D eigenvalue weighted by atomic mass is 10.0. The molecule has 17 heavy (non-hydrogen) atoms. The third-order valence-electron chi connectivity index (χ3n) is 2.79. The minimum Gasteiger partial charge on any atom is -0.477 e. The van der Waals surface area contributed by atoms with E-state index in [4.69, 9.17) is 4.74 Å². The molecule has 1 unspecified atom stereocenters. The molecule has 0 fully saturated rings. The van der Waals surface area contributed by atoms with Gasteiger partial charge < -0.3 is 9.64 Å². The van der Waals surface area contributed by atoms with Gasteiger partial charge in [-0.2, -0.15) is 0 Å². The van der Waals surface area contributed by atoms with Gasteiger partial charge in [-0.1, -0.05) is 30.3 Å². The molecule has 1 aliphatic heterocycles. The number of likely N-dealkylation sites (N-methyl/N-ethyl adjacent to an activating group) is 1. The lowest BCUT2D eigenvalue weighted by Crippen LogP contribution is -2.42. The second-order valence-electron chi connectivity index (χ2n) is 4.81. The summed E-state index contributed by atoms with van der Waals surface area (Å²) in [4.78, 5) is 13.9. The number of ether oxygens (including phenoxy) is 1. The van der Waals surface area contributed by atoms with E-state index in [-0.39, 0.29) is 5.78 Å². The van der Waals surface area contributed by atoms with Gasteiger partial charge in [0.15, 0.2) is 5.60 Å². The lowest BCUT2D eigenvalue weighted by Gasteiger charge is -2.27. The predicted octanol–water partition coefficient (Wildman–Crippen LogP) is 1.95. The van der Waals surface area contributed by atoms with Crippen molar-refractivity contribution in [2.45, 2.75) is 12.5 Å². The maximum absolute atomic E-state index is 12.0. The number of rotatable bonds is 3. The number of hydrogen-bond donors (Lipinski definition) is 0. The first-order chi connectivity index (χ1) is 8.01. The summed E-state index contributed by atoms with van der Waals surface area (Å²) in [7, 11) is 3.87. The van der Waals surface area contributed by atoms with Crippen molar-refractivity contribution in [1.29, 1.82) is 0 Å². The van der Waals surface area contributed by atoms with Crippen molar-refractivity contribution in [3.05, 3.63) is 42.0 Å². The number of hydrogen-bond acceptors (Lipinski definition) is 3. The van der Waals surface area contributed by atoms with Crippen LogP contribution in [0.3, 0.4) is 0 Å². The highest BCUT2D eigenvalue weighted by Crippen LogP contribution is 2.31. The van der Waals surface area contributed by atoms with Crippen LogP contribution in [0, 0.1) is 0 Å². The van der Waals surface area contributed by atoms with Gasteiger partial charge in [0, 0.05) is 18.2 Å². The van der Waals surface area contributed by atoms with Crippen LogP contribution < -0.4 is 0 Å². The highest BCUT2D eigenvalue weighted by Gasteiger charge is 2.40. The number of carbonyl (C=O) groups excluding carboxylic acids is 1. The third kappa shape index (κ3) is 2.39. The molecule has 2 rings (SSSR count). The van der Waals surface area contributed by atoms with Crippen LogP contribution in [0.4, 0.5) is 0 Å². The Morgan fingerprint density at radius 1 is 1.24 bits per heavy atom. The van der Waals surface area contributed by atoms with Crippen LogP contribution in [-0.2, 0) is 9.53 Å². The minimum atomic E-state index is -0.755. The summed E-state index contributed by atoms with van der Waals surface area (Å²) in [6.07, 6.45) is 1.60. The predicted molar refractivity (Wildman–Crippen MR) is 67.5 cm³/mol. The average molecular weight is 231 g/mol. The van der Waals surface area contributed by atoms with E-state index in [1.54, 1.807) is 6.08 Å². The van der Waals surface area contributed by atoms with Gasteiger partial charge in [0.25, 0.3) is 0 Å². The molecule has 90 valence electrons. The van der Waals surface area contributed by atoms with E-state index in [0.717, 1.165) is 5.56 Å². The van der Waals surface area contributed by atoms with Crippen LogP contribution in [0.5, 0.6) is 0 Å². The lowest BCUT2D eigenvalue weighted by molar-refractivity contribution is -0.128. The first-order valence-corrected chi connectivity index (χ1v) is 5.66.